The molecule has 0 aliphatic rings. The predicted octanol–water partition coefficient (Wildman–Crippen LogP) is 2.50. The molecule has 3 heterocycles. The van der Waals surface area contributed by atoms with E-state index in [2.05, 4.69) is 25.9 Å². The maximum Gasteiger partial charge on any atom is 0.381 e. The lowest BCUT2D eigenvalue weighted by molar-refractivity contribution is -0.0166. The third-order valence-electron chi connectivity index (χ3n) is 4.74. The summed E-state index contributed by atoms with van der Waals surface area (Å²) in [6.07, 6.45) is 1.64. The number of ether oxygens (including phenoxy) is 4. The van der Waals surface area contributed by atoms with E-state index < -0.39 is 11.5 Å². The molecule has 14 heteroatoms. The van der Waals surface area contributed by atoms with Gasteiger partial charge in [-0.2, -0.15) is 5.10 Å². The van der Waals surface area contributed by atoms with Gasteiger partial charge in [-0.1, -0.05) is 11.3 Å². The summed E-state index contributed by atoms with van der Waals surface area (Å²) in [7, 11) is 3.09. The molecule has 3 rings (SSSR count). The summed E-state index contributed by atoms with van der Waals surface area (Å²) >= 11 is 1.12. The van der Waals surface area contributed by atoms with Crippen molar-refractivity contribution >= 4 is 28.1 Å². The number of nitrogens with zero attached hydrogens (tertiary/aromatic N) is 4. The molecule has 0 bridgehead atoms. The minimum absolute atomic E-state index is 0.0846. The summed E-state index contributed by atoms with van der Waals surface area (Å²) in [6.45, 7) is 8.53. The molecule has 0 spiro atoms. The molecule has 13 nitrogen and oxygen atoms in total. The third kappa shape index (κ3) is 8.08. The molecular formula is C23H32N6O7S. The van der Waals surface area contributed by atoms with Crippen molar-refractivity contribution < 1.29 is 28.2 Å². The second kappa shape index (κ2) is 12.8. The van der Waals surface area contributed by atoms with E-state index in [9.17, 15) is 9.59 Å². The first-order chi connectivity index (χ1) is 17.6. The second-order valence-electron chi connectivity index (χ2n) is 8.93. The maximum absolute atomic E-state index is 12.9. The number of methoxy groups -OCH3 is 2. The van der Waals surface area contributed by atoms with Crippen LogP contribution in [-0.4, -0.2) is 78.2 Å². The van der Waals surface area contributed by atoms with E-state index in [1.807, 2.05) is 33.8 Å². The van der Waals surface area contributed by atoms with Gasteiger partial charge in [0.2, 0.25) is 16.0 Å². The minimum atomic E-state index is -0.829. The van der Waals surface area contributed by atoms with E-state index in [-0.39, 0.29) is 60.4 Å². The van der Waals surface area contributed by atoms with Crippen LogP contribution in [0, 0.1) is 6.92 Å². The molecule has 3 aromatic heterocycles. The first-order valence-corrected chi connectivity index (χ1v) is 12.3. The fourth-order valence-electron chi connectivity index (χ4n) is 3.16. The normalized spacial score (nSPS) is 11.6. The number of carbonyl (C=O) groups excluding carboxylic acids is 1. The standard InChI is InChI=1S/C23H32N6O7S/c1-14-7-8-24-29(14)22-28-27-21(37-22)26-19(30)17-11-16(25-15(12-32-5)13-33-6)18(20(31)36-17)34-9-10-35-23(2,3)4/h7-8,11,15,25H,9-10,12-13H2,1-6H3,(H,26,27,30). The van der Waals surface area contributed by atoms with Gasteiger partial charge < -0.3 is 28.7 Å². The van der Waals surface area contributed by atoms with Crippen LogP contribution >= 0.6 is 11.3 Å². The smallest absolute Gasteiger partial charge is 0.381 e. The molecule has 37 heavy (non-hydrogen) atoms. The monoisotopic (exact) mass is 536 g/mol. The highest BCUT2D eigenvalue weighted by Crippen LogP contribution is 2.25. The fraction of sp³-hybridized carbons (Fsp3) is 0.522. The lowest BCUT2D eigenvalue weighted by Crippen LogP contribution is -2.31. The van der Waals surface area contributed by atoms with Crippen molar-refractivity contribution in [2.75, 3.05) is 51.3 Å². The average molecular weight is 537 g/mol. The highest BCUT2D eigenvalue weighted by Gasteiger charge is 2.22. The summed E-state index contributed by atoms with van der Waals surface area (Å²) in [5.41, 5.74) is -0.0772. The van der Waals surface area contributed by atoms with E-state index in [1.165, 1.54) is 6.07 Å². The molecule has 2 N–H and O–H groups in total. The number of aromatic nitrogens is 4. The van der Waals surface area contributed by atoms with E-state index in [1.54, 1.807) is 25.1 Å². The van der Waals surface area contributed by atoms with Crippen molar-refractivity contribution in [3.63, 3.8) is 0 Å². The van der Waals surface area contributed by atoms with Crippen LogP contribution < -0.4 is 21.0 Å². The zero-order valence-electron chi connectivity index (χ0n) is 21.7. The number of aryl methyl sites for hydroxylation is 1. The van der Waals surface area contributed by atoms with Crippen molar-refractivity contribution in [1.82, 2.24) is 20.0 Å². The Bertz CT molecular complexity index is 1230. The SMILES string of the molecule is COCC(COC)Nc1cc(C(=O)Nc2nnc(-n3nccc3C)s2)oc(=O)c1OCCOC(C)(C)C. The Labute approximate surface area is 218 Å². The van der Waals surface area contributed by atoms with Crippen LogP contribution in [0.3, 0.4) is 0 Å². The molecule has 0 radical (unpaired) electrons. The quantitative estimate of drug-likeness (QED) is 0.310. The van der Waals surface area contributed by atoms with Gasteiger partial charge in [-0.05, 0) is 33.8 Å². The van der Waals surface area contributed by atoms with Crippen LogP contribution in [0.1, 0.15) is 37.0 Å². The van der Waals surface area contributed by atoms with E-state index in [0.29, 0.717) is 5.13 Å². The summed E-state index contributed by atoms with van der Waals surface area (Å²) in [5, 5.41) is 18.6. The van der Waals surface area contributed by atoms with Crippen molar-refractivity contribution in [2.45, 2.75) is 39.3 Å². The summed E-state index contributed by atoms with van der Waals surface area (Å²) in [5.74, 6) is -1.01. The van der Waals surface area contributed by atoms with Gasteiger partial charge in [0.05, 0.1) is 37.2 Å². The Hall–Kier alpha value is -3.33. The van der Waals surface area contributed by atoms with Crippen LogP contribution in [0.2, 0.25) is 0 Å². The molecule has 0 saturated heterocycles. The number of hydrogen-bond donors (Lipinski definition) is 2. The van der Waals surface area contributed by atoms with Gasteiger partial charge in [0, 0.05) is 32.2 Å². The number of amides is 1. The molecule has 0 saturated carbocycles. The first kappa shape index (κ1) is 28.2. The van der Waals surface area contributed by atoms with Crippen LogP contribution in [-0.2, 0) is 14.2 Å². The fourth-order valence-corrected chi connectivity index (χ4v) is 3.92. The second-order valence-corrected chi connectivity index (χ2v) is 9.89. The van der Waals surface area contributed by atoms with Crippen LogP contribution in [0.25, 0.3) is 5.13 Å². The van der Waals surface area contributed by atoms with Gasteiger partial charge in [0.1, 0.15) is 6.61 Å². The van der Waals surface area contributed by atoms with Crippen LogP contribution in [0.15, 0.2) is 27.5 Å². The van der Waals surface area contributed by atoms with E-state index in [4.69, 9.17) is 23.4 Å². The first-order valence-electron chi connectivity index (χ1n) is 11.5. The molecule has 0 fully saturated rings. The van der Waals surface area contributed by atoms with Crippen molar-refractivity contribution in [2.24, 2.45) is 0 Å². The Morgan fingerprint density at radius 2 is 1.92 bits per heavy atom. The lowest BCUT2D eigenvalue weighted by atomic mass is 10.2. The number of carbonyl (C=O) groups is 1. The van der Waals surface area contributed by atoms with Crippen LogP contribution in [0.5, 0.6) is 5.75 Å². The molecular weight excluding hydrogens is 504 g/mol. The summed E-state index contributed by atoms with van der Waals surface area (Å²) < 4.78 is 28.7. The molecule has 0 aromatic carbocycles. The van der Waals surface area contributed by atoms with Gasteiger partial charge in [-0.15, -0.1) is 10.2 Å². The Balaban J connectivity index is 1.82. The Morgan fingerprint density at radius 3 is 2.54 bits per heavy atom. The molecule has 3 aromatic rings. The molecule has 1 amide bonds. The Morgan fingerprint density at radius 1 is 1.19 bits per heavy atom. The number of rotatable bonds is 13. The van der Waals surface area contributed by atoms with Crippen molar-refractivity contribution in [3.05, 3.63) is 40.2 Å². The summed E-state index contributed by atoms with van der Waals surface area (Å²) in [6, 6.07) is 2.88. The van der Waals surface area contributed by atoms with Gasteiger partial charge in [-0.3, -0.25) is 10.1 Å². The molecule has 202 valence electrons. The molecule has 0 aliphatic heterocycles. The highest BCUT2D eigenvalue weighted by molar-refractivity contribution is 7.17. The highest BCUT2D eigenvalue weighted by atomic mass is 32.1. The Kier molecular flexibility index (Phi) is 9.74. The zero-order valence-corrected chi connectivity index (χ0v) is 22.5. The van der Waals surface area contributed by atoms with E-state index >= 15 is 0 Å². The van der Waals surface area contributed by atoms with Gasteiger partial charge in [0.25, 0.3) is 5.91 Å². The van der Waals surface area contributed by atoms with Gasteiger partial charge in [0.15, 0.2) is 5.76 Å². The lowest BCUT2D eigenvalue weighted by Gasteiger charge is -2.21. The molecule has 0 atom stereocenters. The van der Waals surface area contributed by atoms with Gasteiger partial charge >= 0.3 is 5.63 Å². The largest absolute Gasteiger partial charge is 0.483 e. The van der Waals surface area contributed by atoms with Crippen LogP contribution in [0.4, 0.5) is 10.8 Å². The predicted molar refractivity (Wildman–Crippen MR) is 137 cm³/mol. The van der Waals surface area contributed by atoms with Gasteiger partial charge in [-0.25, -0.2) is 9.48 Å². The number of hydrogen-bond acceptors (Lipinski definition) is 12. The molecule has 0 aliphatic carbocycles. The van der Waals surface area contributed by atoms with Crippen molar-refractivity contribution in [1.29, 1.82) is 0 Å². The molecule has 0 unspecified atom stereocenters. The average Bonchev–Trinajstić information content (AvgIpc) is 3.46. The number of nitrogens with one attached hydrogen (secondary N) is 2. The minimum Gasteiger partial charge on any atom is -0.483 e. The zero-order chi connectivity index (χ0) is 27.0. The topological polar surface area (TPSA) is 152 Å². The third-order valence-corrected chi connectivity index (χ3v) is 5.55. The van der Waals surface area contributed by atoms with E-state index in [0.717, 1.165) is 17.0 Å². The maximum atomic E-state index is 12.9. The van der Waals surface area contributed by atoms with Crippen molar-refractivity contribution in [3.8, 4) is 10.9 Å². The summed E-state index contributed by atoms with van der Waals surface area (Å²) in [4.78, 5) is 25.8. The number of anilines is 2.